The Morgan fingerprint density at radius 2 is 1.90 bits per heavy atom. The monoisotopic (exact) mass is 429 g/mol. The fraction of sp³-hybridized carbons (Fsp3) is 0.480. The number of ketones is 1. The molecule has 0 spiro atoms. The highest BCUT2D eigenvalue weighted by molar-refractivity contribution is 5.76. The van der Waals surface area contributed by atoms with Crippen molar-refractivity contribution >= 4 is 11.5 Å². The van der Waals surface area contributed by atoms with E-state index in [1.807, 2.05) is 29.2 Å². The van der Waals surface area contributed by atoms with Gasteiger partial charge in [-0.15, -0.1) is 0 Å². The summed E-state index contributed by atoms with van der Waals surface area (Å²) in [6.07, 6.45) is 2.14. The van der Waals surface area contributed by atoms with E-state index in [1.54, 1.807) is 26.2 Å². The van der Waals surface area contributed by atoms with Crippen molar-refractivity contribution in [2.75, 3.05) is 38.3 Å². The smallest absolute Gasteiger partial charge is 0.150 e. The number of benzene rings is 2. The first-order valence-electron chi connectivity index (χ1n) is 10.9. The van der Waals surface area contributed by atoms with Crippen LogP contribution in [0, 0.1) is 5.82 Å². The zero-order valence-electron chi connectivity index (χ0n) is 18.6. The van der Waals surface area contributed by atoms with Gasteiger partial charge in [-0.25, -0.2) is 4.39 Å². The van der Waals surface area contributed by atoms with Crippen LogP contribution in [-0.2, 0) is 9.53 Å². The van der Waals surface area contributed by atoms with Crippen LogP contribution < -0.4 is 14.4 Å². The summed E-state index contributed by atoms with van der Waals surface area (Å²) < 4.78 is 31.3. The lowest BCUT2D eigenvalue weighted by molar-refractivity contribution is -0.117. The van der Waals surface area contributed by atoms with Crippen LogP contribution in [0.4, 0.5) is 10.1 Å². The van der Waals surface area contributed by atoms with Crippen molar-refractivity contribution in [2.45, 2.75) is 45.1 Å². The first-order chi connectivity index (χ1) is 15.0. The van der Waals surface area contributed by atoms with Gasteiger partial charge < -0.3 is 23.9 Å². The number of hydrogen-bond donors (Lipinski definition) is 0. The van der Waals surface area contributed by atoms with Gasteiger partial charge >= 0.3 is 0 Å². The molecular weight excluding hydrogens is 397 g/mol. The van der Waals surface area contributed by atoms with E-state index in [-0.39, 0.29) is 23.6 Å². The Balaban J connectivity index is 1.52. The minimum absolute atomic E-state index is 0.00450. The van der Waals surface area contributed by atoms with Crippen LogP contribution in [0.25, 0.3) is 0 Å². The highest BCUT2D eigenvalue weighted by atomic mass is 19.1. The van der Waals surface area contributed by atoms with Crippen molar-refractivity contribution in [1.82, 2.24) is 0 Å². The van der Waals surface area contributed by atoms with Crippen molar-refractivity contribution in [3.05, 3.63) is 53.8 Å². The average Bonchev–Trinajstić information content (AvgIpc) is 3.19. The van der Waals surface area contributed by atoms with Crippen LogP contribution in [0.2, 0.25) is 0 Å². The van der Waals surface area contributed by atoms with E-state index in [9.17, 15) is 9.18 Å². The Morgan fingerprint density at radius 3 is 2.58 bits per heavy atom. The molecule has 31 heavy (non-hydrogen) atoms. The van der Waals surface area contributed by atoms with E-state index >= 15 is 0 Å². The van der Waals surface area contributed by atoms with Gasteiger partial charge in [-0.3, -0.25) is 0 Å². The fourth-order valence-corrected chi connectivity index (χ4v) is 3.89. The molecule has 6 heteroatoms. The average molecular weight is 430 g/mol. The molecule has 0 N–H and O–H groups in total. The molecule has 2 atom stereocenters. The third kappa shape index (κ3) is 6.69. The topological polar surface area (TPSA) is 48.0 Å². The molecule has 1 fully saturated rings. The molecule has 1 aliphatic heterocycles. The Bertz CT molecular complexity index is 855. The number of methoxy groups -OCH3 is 1. The number of Topliss-reactive ketones (excluding diaryl/α,β-unsaturated/α-hetero) is 1. The number of ether oxygens (including phenoxy) is 3. The molecule has 0 bridgehead atoms. The van der Waals surface area contributed by atoms with Gasteiger partial charge in [-0.2, -0.15) is 0 Å². The minimum atomic E-state index is -0.284. The standard InChI is InChI=1S/C25H32FNO4/c1-18(15-19(2)28)20-5-7-21(8-6-20)31-23-11-12-27(17-23)25-10-9-22(16-24(25)26)30-14-4-13-29-3/h5-10,16,18,23H,4,11-15,17H2,1-3H3/t18-,23?/m1/s1. The van der Waals surface area contributed by atoms with Gasteiger partial charge in [0, 0.05) is 45.6 Å². The summed E-state index contributed by atoms with van der Waals surface area (Å²) in [5, 5.41) is 0. The molecule has 0 saturated carbocycles. The predicted octanol–water partition coefficient (Wildman–Crippen LogP) is 4.98. The molecule has 3 rings (SSSR count). The number of rotatable bonds is 11. The second-order valence-corrected chi connectivity index (χ2v) is 8.16. The molecule has 1 heterocycles. The molecule has 2 aromatic rings. The maximum Gasteiger partial charge on any atom is 0.150 e. The van der Waals surface area contributed by atoms with Crippen molar-refractivity contribution < 1.29 is 23.4 Å². The van der Waals surface area contributed by atoms with Gasteiger partial charge in [0.1, 0.15) is 29.2 Å². The number of anilines is 1. The summed E-state index contributed by atoms with van der Waals surface area (Å²) in [4.78, 5) is 13.3. The first-order valence-corrected chi connectivity index (χ1v) is 10.9. The number of carbonyl (C=O) groups excluding carboxylic acids is 1. The number of halogens is 1. The highest BCUT2D eigenvalue weighted by Crippen LogP contribution is 2.29. The molecule has 1 unspecified atom stereocenters. The van der Waals surface area contributed by atoms with Crippen LogP contribution in [-0.4, -0.2) is 45.3 Å². The first kappa shape index (κ1) is 23.1. The second-order valence-electron chi connectivity index (χ2n) is 8.16. The van der Waals surface area contributed by atoms with Gasteiger partial charge in [0.15, 0.2) is 0 Å². The van der Waals surface area contributed by atoms with E-state index in [1.165, 1.54) is 6.07 Å². The Kier molecular flexibility index (Phi) is 8.29. The van der Waals surface area contributed by atoms with Crippen LogP contribution >= 0.6 is 0 Å². The maximum absolute atomic E-state index is 14.6. The second kappa shape index (κ2) is 11.1. The molecule has 168 valence electrons. The lowest BCUT2D eigenvalue weighted by atomic mass is 9.96. The van der Waals surface area contributed by atoms with Crippen molar-refractivity contribution in [1.29, 1.82) is 0 Å². The van der Waals surface area contributed by atoms with Crippen LogP contribution in [0.5, 0.6) is 11.5 Å². The molecule has 5 nitrogen and oxygen atoms in total. The lowest BCUT2D eigenvalue weighted by Crippen LogP contribution is -2.25. The lowest BCUT2D eigenvalue weighted by Gasteiger charge is -2.20. The van der Waals surface area contributed by atoms with Crippen LogP contribution in [0.15, 0.2) is 42.5 Å². The third-order valence-corrected chi connectivity index (χ3v) is 5.51. The molecule has 0 aliphatic carbocycles. The Labute approximate surface area is 184 Å². The highest BCUT2D eigenvalue weighted by Gasteiger charge is 2.26. The summed E-state index contributed by atoms with van der Waals surface area (Å²) in [6.45, 7) is 6.16. The predicted molar refractivity (Wildman–Crippen MR) is 120 cm³/mol. The quantitative estimate of drug-likeness (QED) is 0.472. The van der Waals surface area contributed by atoms with Gasteiger partial charge in [0.2, 0.25) is 0 Å². The summed E-state index contributed by atoms with van der Waals surface area (Å²) in [6, 6.07) is 12.9. The van der Waals surface area contributed by atoms with Crippen LogP contribution in [0.3, 0.4) is 0 Å². The largest absolute Gasteiger partial charge is 0.493 e. The molecule has 1 aliphatic rings. The van der Waals surface area contributed by atoms with E-state index in [2.05, 4.69) is 6.92 Å². The number of hydrogen-bond acceptors (Lipinski definition) is 5. The molecule has 1 saturated heterocycles. The minimum Gasteiger partial charge on any atom is -0.493 e. The maximum atomic E-state index is 14.6. The van der Waals surface area contributed by atoms with E-state index in [4.69, 9.17) is 14.2 Å². The Hall–Kier alpha value is -2.60. The molecule has 2 aromatic carbocycles. The van der Waals surface area contributed by atoms with Crippen LogP contribution in [0.1, 0.15) is 44.6 Å². The van der Waals surface area contributed by atoms with Crippen molar-refractivity contribution in [2.24, 2.45) is 0 Å². The molecule has 0 amide bonds. The number of nitrogens with zero attached hydrogens (tertiary/aromatic N) is 1. The van der Waals surface area contributed by atoms with Gasteiger partial charge in [-0.1, -0.05) is 19.1 Å². The van der Waals surface area contributed by atoms with E-state index < -0.39 is 0 Å². The number of carbonyl (C=O) groups is 1. The summed E-state index contributed by atoms with van der Waals surface area (Å²) in [5.74, 6) is 1.43. The van der Waals surface area contributed by atoms with Gasteiger partial charge in [-0.05, 0) is 42.7 Å². The molecular formula is C25H32FNO4. The molecule has 0 aromatic heterocycles. The summed E-state index contributed by atoms with van der Waals surface area (Å²) >= 11 is 0. The van der Waals surface area contributed by atoms with Crippen molar-refractivity contribution in [3.63, 3.8) is 0 Å². The SMILES string of the molecule is COCCCOc1ccc(N2CCC(Oc3ccc([C@H](C)CC(C)=O)cc3)C2)c(F)c1. The third-order valence-electron chi connectivity index (χ3n) is 5.51. The van der Waals surface area contributed by atoms with Gasteiger partial charge in [0.25, 0.3) is 0 Å². The van der Waals surface area contributed by atoms with E-state index in [0.717, 1.165) is 30.7 Å². The van der Waals surface area contributed by atoms with Gasteiger partial charge in [0.05, 0.1) is 18.8 Å². The van der Waals surface area contributed by atoms with Crippen molar-refractivity contribution in [3.8, 4) is 11.5 Å². The summed E-state index contributed by atoms with van der Waals surface area (Å²) in [5.41, 5.74) is 1.70. The zero-order valence-corrected chi connectivity index (χ0v) is 18.6. The normalized spacial score (nSPS) is 16.9. The summed E-state index contributed by atoms with van der Waals surface area (Å²) in [7, 11) is 1.65. The molecule has 0 radical (unpaired) electrons. The Morgan fingerprint density at radius 1 is 1.16 bits per heavy atom. The van der Waals surface area contributed by atoms with E-state index in [0.29, 0.717) is 37.6 Å². The zero-order chi connectivity index (χ0) is 22.2. The fourth-order valence-electron chi connectivity index (χ4n) is 3.89.